The van der Waals surface area contributed by atoms with Crippen LogP contribution in [0.2, 0.25) is 0 Å². The van der Waals surface area contributed by atoms with E-state index >= 15 is 0 Å². The molecule has 0 fully saturated rings. The fourth-order valence-corrected chi connectivity index (χ4v) is 2.56. The van der Waals surface area contributed by atoms with Crippen molar-refractivity contribution in [2.24, 2.45) is 0 Å². The van der Waals surface area contributed by atoms with E-state index in [1.807, 2.05) is 36.4 Å². The summed E-state index contributed by atoms with van der Waals surface area (Å²) in [6.45, 7) is 0. The maximum absolute atomic E-state index is 12.9. The van der Waals surface area contributed by atoms with E-state index in [-0.39, 0.29) is 11.7 Å². The smallest absolute Gasteiger partial charge is 0.232 e. The highest BCUT2D eigenvalue weighted by molar-refractivity contribution is 5.96. The van der Waals surface area contributed by atoms with Gasteiger partial charge in [0.25, 0.3) is 0 Å². The van der Waals surface area contributed by atoms with E-state index in [2.05, 4.69) is 25.9 Å². The van der Waals surface area contributed by atoms with Crippen molar-refractivity contribution in [1.29, 1.82) is 0 Å². The first-order valence-corrected chi connectivity index (χ1v) is 7.96. The van der Waals surface area contributed by atoms with E-state index < -0.39 is 5.92 Å². The van der Waals surface area contributed by atoms with Crippen LogP contribution in [0.3, 0.4) is 0 Å². The summed E-state index contributed by atoms with van der Waals surface area (Å²) in [6, 6.07) is 14.7. The summed E-state index contributed by atoms with van der Waals surface area (Å²) < 4.78 is 10.4. The number of para-hydroxylation sites is 2. The molecule has 0 unspecified atom stereocenters. The fourth-order valence-electron chi connectivity index (χ4n) is 2.56. The van der Waals surface area contributed by atoms with Crippen molar-refractivity contribution in [3.63, 3.8) is 0 Å². The van der Waals surface area contributed by atoms with Crippen molar-refractivity contribution in [3.8, 4) is 11.5 Å². The number of nitrogens with one attached hydrogen (secondary N) is 1. The summed E-state index contributed by atoms with van der Waals surface area (Å²) in [7, 11) is 3.15. The number of rotatable bonds is 7. The standard InChI is InChI=1S/C18H19N5O3/c1-25-13-9-7-12(8-10-13)11-14(17-20-22-23-21-17)18(24)19-15-5-3-4-6-16(15)26-2/h3-10,14H,11H2,1-2H3,(H2,19,20,21,22,23,24)/p-1/t14-/m1/s1. The van der Waals surface area contributed by atoms with Crippen LogP contribution in [0.15, 0.2) is 48.5 Å². The van der Waals surface area contributed by atoms with Gasteiger partial charge in [0.1, 0.15) is 11.5 Å². The molecule has 8 nitrogen and oxygen atoms in total. The molecule has 0 bridgehead atoms. The SMILES string of the molecule is COc1ccc(C[C@@H](C(=O)Nc2ccccc2OC)c2nnn[n-]2)cc1. The maximum atomic E-state index is 12.9. The van der Waals surface area contributed by atoms with Crippen molar-refractivity contribution in [3.05, 3.63) is 59.9 Å². The number of methoxy groups -OCH3 is 2. The first kappa shape index (κ1) is 17.4. The Kier molecular flexibility index (Phi) is 5.43. The first-order chi connectivity index (χ1) is 12.7. The first-order valence-electron chi connectivity index (χ1n) is 7.96. The van der Waals surface area contributed by atoms with Crippen LogP contribution in [0.1, 0.15) is 17.3 Å². The Hall–Kier alpha value is -3.42. The number of hydrogen-bond acceptors (Lipinski definition) is 6. The molecule has 0 saturated carbocycles. The molecule has 1 N–H and O–H groups in total. The normalized spacial score (nSPS) is 11.6. The summed E-state index contributed by atoms with van der Waals surface area (Å²) >= 11 is 0. The lowest BCUT2D eigenvalue weighted by molar-refractivity contribution is -0.117. The Balaban J connectivity index is 1.82. The second-order valence-corrected chi connectivity index (χ2v) is 5.53. The number of nitrogens with zero attached hydrogens (tertiary/aromatic N) is 4. The van der Waals surface area contributed by atoms with Crippen molar-refractivity contribution < 1.29 is 14.3 Å². The van der Waals surface area contributed by atoms with Crippen molar-refractivity contribution >= 4 is 11.6 Å². The number of hydrogen-bond donors (Lipinski definition) is 1. The molecule has 8 heteroatoms. The minimum absolute atomic E-state index is 0.264. The van der Waals surface area contributed by atoms with Gasteiger partial charge in [-0.05, 0) is 36.2 Å². The Bertz CT molecular complexity index is 850. The summed E-state index contributed by atoms with van der Waals surface area (Å²) in [5.74, 6) is 0.692. The largest absolute Gasteiger partial charge is 0.497 e. The lowest BCUT2D eigenvalue weighted by atomic mass is 9.97. The van der Waals surface area contributed by atoms with Crippen LogP contribution in [-0.2, 0) is 11.2 Å². The third-order valence-corrected chi connectivity index (χ3v) is 3.93. The molecule has 1 heterocycles. The molecule has 1 atom stereocenters. The van der Waals surface area contributed by atoms with Crippen molar-refractivity contribution in [2.75, 3.05) is 19.5 Å². The number of amides is 1. The molecule has 26 heavy (non-hydrogen) atoms. The average Bonchev–Trinajstić information content (AvgIpc) is 3.21. The number of carbonyl (C=O) groups excluding carboxylic acids is 1. The van der Waals surface area contributed by atoms with Gasteiger partial charge in [-0.3, -0.25) is 15.1 Å². The Labute approximate surface area is 150 Å². The van der Waals surface area contributed by atoms with Crippen molar-refractivity contribution in [1.82, 2.24) is 20.6 Å². The van der Waals surface area contributed by atoms with E-state index in [0.717, 1.165) is 11.3 Å². The third kappa shape index (κ3) is 3.97. The quantitative estimate of drug-likeness (QED) is 0.692. The molecule has 3 rings (SSSR count). The number of carbonyl (C=O) groups is 1. The van der Waals surface area contributed by atoms with Gasteiger partial charge in [-0.1, -0.05) is 24.3 Å². The van der Waals surface area contributed by atoms with E-state index in [0.29, 0.717) is 17.9 Å². The summed E-state index contributed by atoms with van der Waals surface area (Å²) in [6.07, 6.45) is 0.401. The zero-order valence-corrected chi connectivity index (χ0v) is 14.4. The van der Waals surface area contributed by atoms with Crippen LogP contribution >= 0.6 is 0 Å². The molecule has 3 aromatic rings. The lowest BCUT2D eigenvalue weighted by Gasteiger charge is -2.18. The zero-order chi connectivity index (χ0) is 18.4. The molecule has 0 aliphatic carbocycles. The van der Waals surface area contributed by atoms with Gasteiger partial charge in [0, 0.05) is 5.82 Å². The zero-order valence-electron chi connectivity index (χ0n) is 14.4. The van der Waals surface area contributed by atoms with Crippen LogP contribution in [-0.4, -0.2) is 35.7 Å². The van der Waals surface area contributed by atoms with E-state index in [1.165, 1.54) is 0 Å². The van der Waals surface area contributed by atoms with Crippen LogP contribution < -0.4 is 19.9 Å². The highest BCUT2D eigenvalue weighted by atomic mass is 16.5. The second kappa shape index (κ2) is 8.11. The van der Waals surface area contributed by atoms with Crippen LogP contribution in [0.5, 0.6) is 11.5 Å². The van der Waals surface area contributed by atoms with Crippen LogP contribution in [0.4, 0.5) is 5.69 Å². The van der Waals surface area contributed by atoms with Gasteiger partial charge >= 0.3 is 0 Å². The fraction of sp³-hybridized carbons (Fsp3) is 0.222. The number of tetrazole rings is 1. The lowest BCUT2D eigenvalue weighted by Crippen LogP contribution is -2.24. The molecule has 1 amide bonds. The highest BCUT2D eigenvalue weighted by Gasteiger charge is 2.22. The topological polar surface area (TPSA) is 100 Å². The van der Waals surface area contributed by atoms with Gasteiger partial charge in [-0.15, -0.1) is 0 Å². The molecule has 0 saturated heterocycles. The minimum Gasteiger partial charge on any atom is -0.497 e. The molecule has 1 aromatic heterocycles. The predicted octanol–water partition coefficient (Wildman–Crippen LogP) is 1.81. The Morgan fingerprint density at radius 2 is 1.88 bits per heavy atom. The van der Waals surface area contributed by atoms with Gasteiger partial charge in [0.05, 0.1) is 25.8 Å². The molecular weight excluding hydrogens is 334 g/mol. The molecule has 2 aromatic carbocycles. The highest BCUT2D eigenvalue weighted by Crippen LogP contribution is 2.26. The number of anilines is 1. The summed E-state index contributed by atoms with van der Waals surface area (Å²) in [5.41, 5.74) is 1.52. The summed E-state index contributed by atoms with van der Waals surface area (Å²) in [4.78, 5) is 12.9. The number of aromatic nitrogens is 4. The van der Waals surface area contributed by atoms with Gasteiger partial charge in [0.15, 0.2) is 0 Å². The van der Waals surface area contributed by atoms with Crippen LogP contribution in [0, 0.1) is 0 Å². The predicted molar refractivity (Wildman–Crippen MR) is 94.2 cm³/mol. The second-order valence-electron chi connectivity index (χ2n) is 5.53. The molecule has 0 aliphatic rings. The van der Waals surface area contributed by atoms with E-state index in [9.17, 15) is 4.79 Å². The number of ether oxygens (including phenoxy) is 2. The Morgan fingerprint density at radius 3 is 2.54 bits per heavy atom. The molecule has 134 valence electrons. The van der Waals surface area contributed by atoms with Crippen LogP contribution in [0.25, 0.3) is 0 Å². The molecule has 0 aliphatic heterocycles. The van der Waals surface area contributed by atoms with E-state index in [1.54, 1.807) is 26.4 Å². The average molecular weight is 352 g/mol. The number of benzene rings is 2. The van der Waals surface area contributed by atoms with Gasteiger partial charge in [-0.25, -0.2) is 0 Å². The maximum Gasteiger partial charge on any atom is 0.232 e. The third-order valence-electron chi connectivity index (χ3n) is 3.93. The molecule has 0 radical (unpaired) electrons. The van der Waals surface area contributed by atoms with Gasteiger partial charge in [-0.2, -0.15) is 5.21 Å². The molecule has 0 spiro atoms. The van der Waals surface area contributed by atoms with Gasteiger partial charge < -0.3 is 19.9 Å². The summed E-state index contributed by atoms with van der Waals surface area (Å²) in [5, 5.41) is 17.6. The monoisotopic (exact) mass is 352 g/mol. The van der Waals surface area contributed by atoms with Crippen molar-refractivity contribution in [2.45, 2.75) is 12.3 Å². The Morgan fingerprint density at radius 1 is 1.12 bits per heavy atom. The van der Waals surface area contributed by atoms with Gasteiger partial charge in [0.2, 0.25) is 5.91 Å². The molecular formula is C18H18N5O3-. The van der Waals surface area contributed by atoms with E-state index in [4.69, 9.17) is 9.47 Å². The minimum atomic E-state index is -0.636.